The normalized spacial score (nSPS) is 27.2. The highest BCUT2D eigenvalue weighted by atomic mass is 15.2. The van der Waals surface area contributed by atoms with Gasteiger partial charge in [0.2, 0.25) is 0 Å². The number of nitrogens with zero attached hydrogens (tertiary/aromatic N) is 1. The summed E-state index contributed by atoms with van der Waals surface area (Å²) >= 11 is 0. The second-order valence-corrected chi connectivity index (χ2v) is 5.99. The van der Waals surface area contributed by atoms with Gasteiger partial charge in [-0.15, -0.1) is 0 Å². The Bertz CT molecular complexity index is 658. The number of hydrogen-bond acceptors (Lipinski definition) is 1. The smallest absolute Gasteiger partial charge is 0.0674 e. The monoisotopic (exact) mass is 261 g/mol. The molecule has 2 aliphatic rings. The van der Waals surface area contributed by atoms with Crippen LogP contribution in [0, 0.1) is 0 Å². The van der Waals surface area contributed by atoms with Crippen molar-refractivity contribution in [1.82, 2.24) is 0 Å². The molecule has 0 spiro atoms. The van der Waals surface area contributed by atoms with Crippen molar-refractivity contribution in [3.63, 3.8) is 0 Å². The fourth-order valence-corrected chi connectivity index (χ4v) is 3.93. The molecule has 0 bridgehead atoms. The van der Waals surface area contributed by atoms with Crippen LogP contribution in [0.25, 0.3) is 0 Å². The maximum atomic E-state index is 2.52. The average Bonchev–Trinajstić information content (AvgIpc) is 2.76. The summed E-state index contributed by atoms with van der Waals surface area (Å²) in [5.74, 6) is 0.601. The number of benzene rings is 2. The van der Waals surface area contributed by atoms with Crippen LogP contribution in [0.5, 0.6) is 0 Å². The lowest BCUT2D eigenvalue weighted by atomic mass is 9.77. The fraction of sp³-hybridized carbons (Fsp3) is 0.263. The van der Waals surface area contributed by atoms with Crippen molar-refractivity contribution >= 4 is 11.4 Å². The van der Waals surface area contributed by atoms with Crippen molar-refractivity contribution in [3.8, 4) is 0 Å². The summed E-state index contributed by atoms with van der Waals surface area (Å²) < 4.78 is 0. The van der Waals surface area contributed by atoms with Gasteiger partial charge >= 0.3 is 0 Å². The first-order valence-electron chi connectivity index (χ1n) is 7.42. The van der Waals surface area contributed by atoms with Crippen molar-refractivity contribution in [2.24, 2.45) is 0 Å². The Kier molecular flexibility index (Phi) is 2.50. The molecule has 0 saturated heterocycles. The van der Waals surface area contributed by atoms with E-state index >= 15 is 0 Å². The van der Waals surface area contributed by atoms with Crippen molar-refractivity contribution in [3.05, 3.63) is 72.3 Å². The van der Waals surface area contributed by atoms with E-state index < -0.39 is 0 Å². The largest absolute Gasteiger partial charge is 0.331 e. The van der Waals surface area contributed by atoms with Crippen molar-refractivity contribution in [2.75, 3.05) is 4.90 Å². The van der Waals surface area contributed by atoms with E-state index in [1.807, 2.05) is 0 Å². The van der Waals surface area contributed by atoms with Crippen LogP contribution in [-0.2, 0) is 0 Å². The minimum absolute atomic E-state index is 0.0727. The summed E-state index contributed by atoms with van der Waals surface area (Å²) in [5, 5.41) is 0. The van der Waals surface area contributed by atoms with Crippen LogP contribution in [0.4, 0.5) is 11.4 Å². The van der Waals surface area contributed by atoms with Gasteiger partial charge in [-0.3, -0.25) is 0 Å². The van der Waals surface area contributed by atoms with Gasteiger partial charge in [0, 0.05) is 17.3 Å². The number of allylic oxidation sites excluding steroid dienone is 1. The highest BCUT2D eigenvalue weighted by Gasteiger charge is 2.47. The van der Waals surface area contributed by atoms with Gasteiger partial charge in [-0.1, -0.05) is 48.6 Å². The highest BCUT2D eigenvalue weighted by molar-refractivity contribution is 5.76. The molecule has 0 saturated carbocycles. The lowest BCUT2D eigenvalue weighted by Gasteiger charge is -2.40. The van der Waals surface area contributed by atoms with E-state index in [1.165, 1.54) is 29.8 Å². The van der Waals surface area contributed by atoms with Gasteiger partial charge in [-0.2, -0.15) is 0 Å². The zero-order valence-electron chi connectivity index (χ0n) is 11.8. The van der Waals surface area contributed by atoms with Crippen LogP contribution >= 0.6 is 0 Å². The van der Waals surface area contributed by atoms with Crippen LogP contribution in [0.2, 0.25) is 0 Å². The minimum Gasteiger partial charge on any atom is -0.331 e. The van der Waals surface area contributed by atoms with Crippen molar-refractivity contribution < 1.29 is 0 Å². The first-order valence-corrected chi connectivity index (χ1v) is 7.42. The van der Waals surface area contributed by atoms with Crippen molar-refractivity contribution in [2.45, 2.75) is 31.2 Å². The first-order chi connectivity index (χ1) is 9.81. The Morgan fingerprint density at radius 1 is 1.00 bits per heavy atom. The van der Waals surface area contributed by atoms with Gasteiger partial charge in [0.1, 0.15) is 0 Å². The molecule has 1 aliphatic heterocycles. The molecule has 0 radical (unpaired) electrons. The molecule has 20 heavy (non-hydrogen) atoms. The Morgan fingerprint density at radius 2 is 1.75 bits per heavy atom. The zero-order chi connectivity index (χ0) is 13.6. The average molecular weight is 261 g/mol. The molecule has 0 aromatic heterocycles. The molecule has 2 aromatic carbocycles. The minimum atomic E-state index is 0.0727. The van der Waals surface area contributed by atoms with Gasteiger partial charge in [-0.05, 0) is 43.5 Å². The predicted octanol–water partition coefficient (Wildman–Crippen LogP) is 5.03. The molecular formula is C19H19N. The van der Waals surface area contributed by atoms with Crippen LogP contribution in [0.3, 0.4) is 0 Å². The molecule has 0 amide bonds. The molecule has 1 heteroatoms. The van der Waals surface area contributed by atoms with Crippen LogP contribution in [0.1, 0.15) is 31.2 Å². The molecule has 1 heterocycles. The maximum Gasteiger partial charge on any atom is 0.0674 e. The van der Waals surface area contributed by atoms with E-state index in [0.29, 0.717) is 5.92 Å². The molecule has 4 rings (SSSR count). The summed E-state index contributed by atoms with van der Waals surface area (Å²) in [4.78, 5) is 2.52. The van der Waals surface area contributed by atoms with E-state index in [-0.39, 0.29) is 5.54 Å². The lowest BCUT2D eigenvalue weighted by molar-refractivity contribution is 0.441. The van der Waals surface area contributed by atoms with Crippen LogP contribution in [0.15, 0.2) is 66.7 Å². The molecule has 2 unspecified atom stereocenters. The lowest BCUT2D eigenvalue weighted by Crippen LogP contribution is -2.42. The summed E-state index contributed by atoms with van der Waals surface area (Å²) in [6, 6.07) is 19.7. The van der Waals surface area contributed by atoms with Crippen LogP contribution < -0.4 is 4.90 Å². The van der Waals surface area contributed by atoms with Crippen LogP contribution in [-0.4, -0.2) is 5.54 Å². The topological polar surface area (TPSA) is 3.24 Å². The molecule has 2 aromatic rings. The number of para-hydroxylation sites is 2. The number of hydrogen-bond donors (Lipinski definition) is 0. The predicted molar refractivity (Wildman–Crippen MR) is 84.5 cm³/mol. The Morgan fingerprint density at radius 3 is 2.60 bits per heavy atom. The van der Waals surface area contributed by atoms with E-state index in [1.54, 1.807) is 0 Å². The van der Waals surface area contributed by atoms with Gasteiger partial charge in [0.15, 0.2) is 0 Å². The summed E-state index contributed by atoms with van der Waals surface area (Å²) in [6.45, 7) is 2.38. The maximum absolute atomic E-state index is 2.52. The molecule has 0 fully saturated rings. The van der Waals surface area contributed by atoms with Gasteiger partial charge < -0.3 is 4.90 Å². The quantitative estimate of drug-likeness (QED) is 0.651. The van der Waals surface area contributed by atoms with Gasteiger partial charge in [0.05, 0.1) is 5.54 Å². The third-order valence-electron chi connectivity index (χ3n) is 4.83. The van der Waals surface area contributed by atoms with E-state index in [9.17, 15) is 0 Å². The molecule has 2 atom stereocenters. The zero-order valence-corrected chi connectivity index (χ0v) is 11.8. The second kappa shape index (κ2) is 4.24. The number of fused-ring (bicyclic) bond motifs is 3. The summed E-state index contributed by atoms with van der Waals surface area (Å²) in [6.07, 6.45) is 7.19. The highest BCUT2D eigenvalue weighted by Crippen LogP contribution is 2.55. The SMILES string of the molecule is CC12C=CCCC1c1ccccc1N2c1ccccc1. The van der Waals surface area contributed by atoms with E-state index in [4.69, 9.17) is 0 Å². The van der Waals surface area contributed by atoms with Gasteiger partial charge in [0.25, 0.3) is 0 Å². The third kappa shape index (κ3) is 1.49. The molecular weight excluding hydrogens is 242 g/mol. The van der Waals surface area contributed by atoms with E-state index in [0.717, 1.165) is 0 Å². The first kappa shape index (κ1) is 11.8. The van der Waals surface area contributed by atoms with E-state index in [2.05, 4.69) is 78.6 Å². The standard InChI is InChI=1S/C19H19N/c1-19-14-8-7-12-17(19)16-11-5-6-13-18(16)20(19)15-9-3-2-4-10-15/h2-6,8-11,13-14,17H,7,12H2,1H3. The second-order valence-electron chi connectivity index (χ2n) is 5.99. The molecule has 1 aliphatic carbocycles. The Balaban J connectivity index is 1.96. The number of rotatable bonds is 1. The third-order valence-corrected chi connectivity index (χ3v) is 4.83. The summed E-state index contributed by atoms with van der Waals surface area (Å²) in [7, 11) is 0. The number of anilines is 2. The van der Waals surface area contributed by atoms with Gasteiger partial charge in [-0.25, -0.2) is 0 Å². The fourth-order valence-electron chi connectivity index (χ4n) is 3.93. The molecule has 0 N–H and O–H groups in total. The van der Waals surface area contributed by atoms with Crippen molar-refractivity contribution in [1.29, 1.82) is 0 Å². The molecule has 1 nitrogen and oxygen atoms in total. The summed E-state index contributed by atoms with van der Waals surface area (Å²) in [5.41, 5.74) is 4.24. The molecule has 100 valence electrons. The Hall–Kier alpha value is -2.02. The Labute approximate surface area is 120 Å².